The summed E-state index contributed by atoms with van der Waals surface area (Å²) in [7, 11) is -3.75. The van der Waals surface area contributed by atoms with Crippen LogP contribution in [0.4, 0.5) is 5.69 Å². The SMILES string of the molecule is Cc1ccc(C)c(NC(=O)C(C)OC(=O)c2cccc(S(=O)(=O)NC(C)C)c2)c1. The average Bonchev–Trinajstić information content (AvgIpc) is 2.63. The van der Waals surface area contributed by atoms with Gasteiger partial charge in [-0.2, -0.15) is 0 Å². The minimum Gasteiger partial charge on any atom is -0.449 e. The molecule has 0 spiro atoms. The molecule has 0 aliphatic carbocycles. The van der Waals surface area contributed by atoms with Crippen LogP contribution in [0.5, 0.6) is 0 Å². The molecule has 0 saturated heterocycles. The van der Waals surface area contributed by atoms with Crippen molar-refractivity contribution >= 4 is 27.6 Å². The Morgan fingerprint density at radius 3 is 2.34 bits per heavy atom. The molecule has 29 heavy (non-hydrogen) atoms. The minimum atomic E-state index is -3.75. The molecule has 1 atom stereocenters. The molecular weight excluding hydrogens is 392 g/mol. The Bertz CT molecular complexity index is 1020. The molecule has 7 nitrogen and oxygen atoms in total. The van der Waals surface area contributed by atoms with E-state index in [4.69, 9.17) is 4.74 Å². The Balaban J connectivity index is 2.10. The number of carbonyl (C=O) groups is 2. The Morgan fingerprint density at radius 1 is 1.00 bits per heavy atom. The Kier molecular flexibility index (Phi) is 7.16. The van der Waals surface area contributed by atoms with Crippen LogP contribution in [0.1, 0.15) is 42.3 Å². The van der Waals surface area contributed by atoms with Gasteiger partial charge in [-0.25, -0.2) is 17.9 Å². The molecule has 0 aliphatic heterocycles. The predicted molar refractivity (Wildman–Crippen MR) is 111 cm³/mol. The molecule has 0 heterocycles. The summed E-state index contributed by atoms with van der Waals surface area (Å²) in [6.45, 7) is 8.63. The van der Waals surface area contributed by atoms with Crippen molar-refractivity contribution in [2.75, 3.05) is 5.32 Å². The first kappa shape index (κ1) is 22.6. The van der Waals surface area contributed by atoms with Gasteiger partial charge in [0.2, 0.25) is 10.0 Å². The lowest BCUT2D eigenvalue weighted by atomic mass is 10.1. The lowest BCUT2D eigenvalue weighted by Crippen LogP contribution is -2.31. The van der Waals surface area contributed by atoms with Gasteiger partial charge in [-0.05, 0) is 70.0 Å². The van der Waals surface area contributed by atoms with Crippen LogP contribution in [-0.4, -0.2) is 32.4 Å². The largest absolute Gasteiger partial charge is 0.449 e. The highest BCUT2D eigenvalue weighted by molar-refractivity contribution is 7.89. The van der Waals surface area contributed by atoms with Gasteiger partial charge in [-0.3, -0.25) is 4.79 Å². The van der Waals surface area contributed by atoms with Crippen molar-refractivity contribution in [2.24, 2.45) is 0 Å². The number of ether oxygens (including phenoxy) is 1. The molecule has 0 radical (unpaired) electrons. The van der Waals surface area contributed by atoms with Crippen LogP contribution in [0.3, 0.4) is 0 Å². The summed E-state index contributed by atoms with van der Waals surface area (Å²) in [5.74, 6) is -1.26. The van der Waals surface area contributed by atoms with Gasteiger partial charge in [0, 0.05) is 11.7 Å². The second-order valence-electron chi connectivity index (χ2n) is 7.16. The molecule has 0 aromatic heterocycles. The van der Waals surface area contributed by atoms with E-state index in [-0.39, 0.29) is 16.5 Å². The summed E-state index contributed by atoms with van der Waals surface area (Å²) >= 11 is 0. The highest BCUT2D eigenvalue weighted by atomic mass is 32.2. The van der Waals surface area contributed by atoms with Crippen molar-refractivity contribution in [1.29, 1.82) is 0 Å². The Labute approximate surface area is 171 Å². The highest BCUT2D eigenvalue weighted by Crippen LogP contribution is 2.18. The number of rotatable bonds is 7. The third kappa shape index (κ3) is 6.13. The quantitative estimate of drug-likeness (QED) is 0.673. The number of hydrogen-bond acceptors (Lipinski definition) is 5. The van der Waals surface area contributed by atoms with Crippen LogP contribution in [0.2, 0.25) is 0 Å². The molecule has 0 saturated carbocycles. The molecule has 0 bridgehead atoms. The molecule has 8 heteroatoms. The zero-order valence-electron chi connectivity index (χ0n) is 17.1. The molecule has 156 valence electrons. The summed E-state index contributed by atoms with van der Waals surface area (Å²) in [6.07, 6.45) is -1.06. The third-order valence-electron chi connectivity index (χ3n) is 4.07. The zero-order chi connectivity index (χ0) is 21.8. The molecule has 1 amide bonds. The molecule has 2 N–H and O–H groups in total. The average molecular weight is 419 g/mol. The number of carbonyl (C=O) groups excluding carboxylic acids is 2. The van der Waals surface area contributed by atoms with Crippen LogP contribution in [0.25, 0.3) is 0 Å². The van der Waals surface area contributed by atoms with Crippen LogP contribution in [0, 0.1) is 13.8 Å². The van der Waals surface area contributed by atoms with E-state index in [0.29, 0.717) is 5.69 Å². The Morgan fingerprint density at radius 2 is 1.69 bits per heavy atom. The van der Waals surface area contributed by atoms with E-state index in [9.17, 15) is 18.0 Å². The lowest BCUT2D eigenvalue weighted by Gasteiger charge is -2.15. The van der Waals surface area contributed by atoms with Crippen LogP contribution in [0.15, 0.2) is 47.4 Å². The maximum Gasteiger partial charge on any atom is 0.338 e. The van der Waals surface area contributed by atoms with Crippen molar-refractivity contribution in [3.63, 3.8) is 0 Å². The smallest absolute Gasteiger partial charge is 0.338 e. The standard InChI is InChI=1S/C21H26N2O5S/c1-13(2)23-29(26,27)18-8-6-7-17(12-18)21(25)28-16(5)20(24)22-19-11-14(3)9-10-15(19)4/h6-13,16,23H,1-5H3,(H,22,24). The summed E-state index contributed by atoms with van der Waals surface area (Å²) in [4.78, 5) is 24.8. The lowest BCUT2D eigenvalue weighted by molar-refractivity contribution is -0.123. The van der Waals surface area contributed by atoms with Crippen LogP contribution < -0.4 is 10.0 Å². The molecular formula is C21H26N2O5S. The number of hydrogen-bond donors (Lipinski definition) is 2. The number of esters is 1. The van der Waals surface area contributed by atoms with Crippen molar-refractivity contribution in [3.8, 4) is 0 Å². The fourth-order valence-corrected chi connectivity index (χ4v) is 3.85. The maximum atomic E-state index is 12.4. The van der Waals surface area contributed by atoms with Crippen molar-refractivity contribution in [2.45, 2.75) is 51.7 Å². The van der Waals surface area contributed by atoms with Gasteiger partial charge in [-0.1, -0.05) is 18.2 Å². The van der Waals surface area contributed by atoms with Gasteiger partial charge in [0.05, 0.1) is 10.5 Å². The number of sulfonamides is 1. The third-order valence-corrected chi connectivity index (χ3v) is 5.73. The fourth-order valence-electron chi connectivity index (χ4n) is 2.56. The second kappa shape index (κ2) is 9.19. The van der Waals surface area contributed by atoms with Gasteiger partial charge in [-0.15, -0.1) is 0 Å². The highest BCUT2D eigenvalue weighted by Gasteiger charge is 2.22. The van der Waals surface area contributed by atoms with Gasteiger partial charge in [0.25, 0.3) is 5.91 Å². The van der Waals surface area contributed by atoms with Gasteiger partial charge < -0.3 is 10.1 Å². The van der Waals surface area contributed by atoms with Gasteiger partial charge in [0.1, 0.15) is 0 Å². The first-order valence-electron chi connectivity index (χ1n) is 9.21. The van der Waals surface area contributed by atoms with E-state index in [2.05, 4.69) is 10.0 Å². The molecule has 2 rings (SSSR count). The first-order valence-corrected chi connectivity index (χ1v) is 10.7. The first-order chi connectivity index (χ1) is 13.5. The summed E-state index contributed by atoms with van der Waals surface area (Å²) in [6, 6.07) is 10.9. The predicted octanol–water partition coefficient (Wildman–Crippen LogP) is 3.17. The molecule has 1 unspecified atom stereocenters. The monoisotopic (exact) mass is 418 g/mol. The zero-order valence-corrected chi connectivity index (χ0v) is 18.0. The van der Waals surface area contributed by atoms with E-state index in [1.807, 2.05) is 32.0 Å². The number of nitrogens with one attached hydrogen (secondary N) is 2. The summed E-state index contributed by atoms with van der Waals surface area (Å²) in [5, 5.41) is 2.74. The van der Waals surface area contributed by atoms with E-state index in [0.717, 1.165) is 11.1 Å². The minimum absolute atomic E-state index is 0.0445. The van der Waals surface area contributed by atoms with Crippen molar-refractivity contribution in [3.05, 3.63) is 59.2 Å². The van der Waals surface area contributed by atoms with E-state index in [1.165, 1.54) is 31.2 Å². The van der Waals surface area contributed by atoms with Gasteiger partial charge in [0.15, 0.2) is 6.10 Å². The summed E-state index contributed by atoms with van der Waals surface area (Å²) in [5.41, 5.74) is 2.57. The second-order valence-corrected chi connectivity index (χ2v) is 8.87. The van der Waals surface area contributed by atoms with Gasteiger partial charge >= 0.3 is 5.97 Å². The van der Waals surface area contributed by atoms with Crippen LogP contribution in [-0.2, 0) is 19.6 Å². The van der Waals surface area contributed by atoms with E-state index < -0.39 is 28.0 Å². The van der Waals surface area contributed by atoms with Crippen molar-refractivity contribution < 1.29 is 22.7 Å². The van der Waals surface area contributed by atoms with E-state index >= 15 is 0 Å². The normalized spacial score (nSPS) is 12.5. The topological polar surface area (TPSA) is 102 Å². The molecule has 0 aliphatic rings. The van der Waals surface area contributed by atoms with Crippen molar-refractivity contribution in [1.82, 2.24) is 4.72 Å². The Hall–Kier alpha value is -2.71. The number of anilines is 1. The van der Waals surface area contributed by atoms with E-state index in [1.54, 1.807) is 13.8 Å². The molecule has 0 fully saturated rings. The maximum absolute atomic E-state index is 12.4. The summed E-state index contributed by atoms with van der Waals surface area (Å²) < 4.78 is 32.2. The fraction of sp³-hybridized carbons (Fsp3) is 0.333. The molecule has 2 aromatic rings. The number of aryl methyl sites for hydroxylation is 2. The number of amides is 1. The van der Waals surface area contributed by atoms with Crippen LogP contribution >= 0.6 is 0 Å². The number of benzene rings is 2. The molecule has 2 aromatic carbocycles.